The summed E-state index contributed by atoms with van der Waals surface area (Å²) in [6, 6.07) is 0.231. The molecule has 1 saturated heterocycles. The van der Waals surface area contributed by atoms with Crippen LogP contribution in [0.3, 0.4) is 0 Å². The maximum atomic E-state index is 9.52. The van der Waals surface area contributed by atoms with Crippen molar-refractivity contribution in [3.8, 4) is 0 Å². The van der Waals surface area contributed by atoms with Crippen molar-refractivity contribution in [3.63, 3.8) is 0 Å². The Balaban J connectivity index is 2.08. The largest absolute Gasteiger partial charge is 0.393 e. The molecule has 0 aromatic rings. The monoisotopic (exact) mass is 170 g/mol. The predicted octanol–water partition coefficient (Wildman–Crippen LogP) is -0.162. The topological polar surface area (TPSA) is 58.3 Å². The van der Waals surface area contributed by atoms with Crippen LogP contribution >= 0.6 is 0 Å². The Labute approximate surface area is 73.3 Å². The first-order chi connectivity index (χ1) is 5.73. The highest BCUT2D eigenvalue weighted by molar-refractivity contribution is 5.00. The van der Waals surface area contributed by atoms with Gasteiger partial charge in [0, 0.05) is 6.04 Å². The van der Waals surface area contributed by atoms with Gasteiger partial charge in [-0.2, -0.15) is 0 Å². The van der Waals surface area contributed by atoms with Crippen molar-refractivity contribution in [1.29, 1.82) is 0 Å². The molecule has 0 bridgehead atoms. The predicted molar refractivity (Wildman–Crippen MR) is 47.8 cm³/mol. The van der Waals surface area contributed by atoms with Gasteiger partial charge in [0.25, 0.3) is 0 Å². The Hall–Kier alpha value is -0.120. The fraction of sp³-hybridized carbons (Fsp3) is 1.00. The van der Waals surface area contributed by atoms with Crippen LogP contribution < -0.4 is 11.1 Å². The van der Waals surface area contributed by atoms with Crippen LogP contribution in [0.4, 0.5) is 0 Å². The van der Waals surface area contributed by atoms with Crippen molar-refractivity contribution in [2.24, 2.45) is 11.1 Å². The summed E-state index contributed by atoms with van der Waals surface area (Å²) in [4.78, 5) is 0. The number of rotatable bonds is 0. The fourth-order valence-corrected chi connectivity index (χ4v) is 2.75. The molecule has 0 radical (unpaired) electrons. The molecule has 1 heterocycles. The van der Waals surface area contributed by atoms with Gasteiger partial charge < -0.3 is 16.2 Å². The summed E-state index contributed by atoms with van der Waals surface area (Å²) >= 11 is 0. The standard InChI is InChI=1S/C9H18N2O/c10-8-5-7(12)6-9(8)1-3-11-4-2-9/h7-8,11-12H,1-6,10H2/t7-,8+/m1/s1. The summed E-state index contributed by atoms with van der Waals surface area (Å²) in [5, 5.41) is 12.9. The quantitative estimate of drug-likeness (QED) is 0.473. The molecule has 4 N–H and O–H groups in total. The number of hydrogen-bond donors (Lipinski definition) is 3. The molecule has 1 aliphatic heterocycles. The van der Waals surface area contributed by atoms with E-state index in [0.717, 1.165) is 38.8 Å². The van der Waals surface area contributed by atoms with Gasteiger partial charge >= 0.3 is 0 Å². The van der Waals surface area contributed by atoms with Crippen LogP contribution in [0.25, 0.3) is 0 Å². The van der Waals surface area contributed by atoms with Crippen LogP contribution in [0.5, 0.6) is 0 Å². The maximum Gasteiger partial charge on any atom is 0.0561 e. The zero-order chi connectivity index (χ0) is 8.60. The van der Waals surface area contributed by atoms with Crippen LogP contribution in [0, 0.1) is 5.41 Å². The highest BCUT2D eigenvalue weighted by atomic mass is 16.3. The summed E-state index contributed by atoms with van der Waals surface area (Å²) in [6.45, 7) is 2.14. The molecule has 2 atom stereocenters. The third kappa shape index (κ3) is 1.26. The Morgan fingerprint density at radius 1 is 1.33 bits per heavy atom. The highest BCUT2D eigenvalue weighted by Crippen LogP contribution is 2.43. The van der Waals surface area contributed by atoms with Gasteiger partial charge in [-0.05, 0) is 44.2 Å². The first-order valence-corrected chi connectivity index (χ1v) is 4.87. The van der Waals surface area contributed by atoms with Crippen molar-refractivity contribution < 1.29 is 5.11 Å². The van der Waals surface area contributed by atoms with E-state index in [4.69, 9.17) is 5.73 Å². The van der Waals surface area contributed by atoms with E-state index in [2.05, 4.69) is 5.32 Å². The number of aliphatic hydroxyl groups excluding tert-OH is 1. The molecule has 0 aromatic heterocycles. The van der Waals surface area contributed by atoms with Gasteiger partial charge in [-0.1, -0.05) is 0 Å². The minimum atomic E-state index is -0.141. The van der Waals surface area contributed by atoms with Crippen LogP contribution in [-0.4, -0.2) is 30.3 Å². The summed E-state index contributed by atoms with van der Waals surface area (Å²) in [5.74, 6) is 0. The lowest BCUT2D eigenvalue weighted by atomic mass is 9.75. The van der Waals surface area contributed by atoms with Crippen molar-refractivity contribution in [2.45, 2.75) is 37.8 Å². The van der Waals surface area contributed by atoms with Crippen molar-refractivity contribution in [2.75, 3.05) is 13.1 Å². The number of hydrogen-bond acceptors (Lipinski definition) is 3. The van der Waals surface area contributed by atoms with E-state index in [1.165, 1.54) is 0 Å². The third-order valence-electron chi connectivity index (χ3n) is 3.55. The van der Waals surface area contributed by atoms with Crippen LogP contribution in [0.2, 0.25) is 0 Å². The Bertz CT molecular complexity index is 166. The molecule has 0 aromatic carbocycles. The molecule has 0 unspecified atom stereocenters. The zero-order valence-electron chi connectivity index (χ0n) is 7.42. The molecular weight excluding hydrogens is 152 g/mol. The highest BCUT2D eigenvalue weighted by Gasteiger charge is 2.45. The van der Waals surface area contributed by atoms with E-state index in [-0.39, 0.29) is 17.6 Å². The molecule has 3 nitrogen and oxygen atoms in total. The summed E-state index contributed by atoms with van der Waals surface area (Å²) in [7, 11) is 0. The lowest BCUT2D eigenvalue weighted by Crippen LogP contribution is -2.45. The van der Waals surface area contributed by atoms with Crippen molar-refractivity contribution in [3.05, 3.63) is 0 Å². The van der Waals surface area contributed by atoms with Gasteiger partial charge in [0.2, 0.25) is 0 Å². The van der Waals surface area contributed by atoms with Gasteiger partial charge in [-0.25, -0.2) is 0 Å². The summed E-state index contributed by atoms with van der Waals surface area (Å²) in [5.41, 5.74) is 6.32. The molecule has 3 heteroatoms. The van der Waals surface area contributed by atoms with E-state index >= 15 is 0 Å². The number of aliphatic hydroxyl groups is 1. The number of nitrogens with one attached hydrogen (secondary N) is 1. The second-order valence-corrected chi connectivity index (χ2v) is 4.31. The lowest BCUT2D eigenvalue weighted by Gasteiger charge is -2.37. The van der Waals surface area contributed by atoms with E-state index in [1.54, 1.807) is 0 Å². The minimum Gasteiger partial charge on any atom is -0.393 e. The number of piperidine rings is 1. The molecular formula is C9H18N2O. The summed E-state index contributed by atoms with van der Waals surface area (Å²) in [6.07, 6.45) is 3.88. The van der Waals surface area contributed by atoms with Crippen molar-refractivity contribution >= 4 is 0 Å². The zero-order valence-corrected chi connectivity index (χ0v) is 7.42. The summed E-state index contributed by atoms with van der Waals surface area (Å²) < 4.78 is 0. The fourth-order valence-electron chi connectivity index (χ4n) is 2.75. The third-order valence-corrected chi connectivity index (χ3v) is 3.55. The lowest BCUT2D eigenvalue weighted by molar-refractivity contribution is 0.135. The molecule has 2 aliphatic rings. The number of nitrogens with two attached hydrogens (primary N) is 1. The molecule has 70 valence electrons. The Kier molecular flexibility index (Phi) is 2.10. The second kappa shape index (κ2) is 2.98. The molecule has 2 rings (SSSR count). The molecule has 12 heavy (non-hydrogen) atoms. The molecule has 2 fully saturated rings. The van der Waals surface area contributed by atoms with E-state index in [0.29, 0.717) is 0 Å². The minimum absolute atomic E-state index is 0.141. The normalized spacial score (nSPS) is 40.5. The van der Waals surface area contributed by atoms with Crippen LogP contribution in [-0.2, 0) is 0 Å². The maximum absolute atomic E-state index is 9.52. The van der Waals surface area contributed by atoms with Gasteiger partial charge in [0.15, 0.2) is 0 Å². The van der Waals surface area contributed by atoms with Gasteiger partial charge in [0.05, 0.1) is 6.10 Å². The molecule has 1 saturated carbocycles. The molecule has 1 aliphatic carbocycles. The Morgan fingerprint density at radius 3 is 2.50 bits per heavy atom. The van der Waals surface area contributed by atoms with Crippen LogP contribution in [0.1, 0.15) is 25.7 Å². The van der Waals surface area contributed by atoms with E-state index in [9.17, 15) is 5.11 Å². The van der Waals surface area contributed by atoms with Crippen LogP contribution in [0.15, 0.2) is 0 Å². The second-order valence-electron chi connectivity index (χ2n) is 4.31. The first-order valence-electron chi connectivity index (χ1n) is 4.87. The first kappa shape index (κ1) is 8.48. The van der Waals surface area contributed by atoms with E-state index in [1.807, 2.05) is 0 Å². The molecule has 1 spiro atoms. The SMILES string of the molecule is N[C@H]1C[C@@H](O)CC12CCNCC2. The van der Waals surface area contributed by atoms with Gasteiger partial charge in [-0.15, -0.1) is 0 Å². The van der Waals surface area contributed by atoms with E-state index < -0.39 is 0 Å². The van der Waals surface area contributed by atoms with Gasteiger partial charge in [0.1, 0.15) is 0 Å². The smallest absolute Gasteiger partial charge is 0.0561 e. The molecule has 0 amide bonds. The Morgan fingerprint density at radius 2 is 2.00 bits per heavy atom. The van der Waals surface area contributed by atoms with Gasteiger partial charge in [-0.3, -0.25) is 0 Å². The average Bonchev–Trinajstić information content (AvgIpc) is 2.29. The average molecular weight is 170 g/mol. The van der Waals surface area contributed by atoms with Crippen molar-refractivity contribution in [1.82, 2.24) is 5.32 Å².